The number of imidazole rings is 1. The molecule has 1 N–H and O–H groups in total. The van der Waals surface area contributed by atoms with Crippen molar-refractivity contribution >= 4 is 40.2 Å². The zero-order chi connectivity index (χ0) is 21.3. The van der Waals surface area contributed by atoms with Crippen LogP contribution in [0.2, 0.25) is 10.3 Å². The summed E-state index contributed by atoms with van der Waals surface area (Å²) in [6, 6.07) is 12.4. The van der Waals surface area contributed by atoms with E-state index < -0.39 is 11.7 Å². The van der Waals surface area contributed by atoms with Crippen molar-refractivity contribution in [3.8, 4) is 0 Å². The lowest BCUT2D eigenvalue weighted by molar-refractivity contribution is -0.137. The van der Waals surface area contributed by atoms with Crippen molar-refractivity contribution in [2.24, 2.45) is 0 Å². The third-order valence-corrected chi connectivity index (χ3v) is 4.84. The summed E-state index contributed by atoms with van der Waals surface area (Å²) in [5.74, 6) is 0.433. The number of halogens is 5. The summed E-state index contributed by atoms with van der Waals surface area (Å²) >= 11 is 12.0. The van der Waals surface area contributed by atoms with Gasteiger partial charge in [0.05, 0.1) is 18.4 Å². The maximum absolute atomic E-state index is 13.0. The lowest BCUT2D eigenvalue weighted by Crippen LogP contribution is -2.07. The number of benzene rings is 2. The molecule has 30 heavy (non-hydrogen) atoms. The Morgan fingerprint density at radius 1 is 0.967 bits per heavy atom. The quantitative estimate of drug-likeness (QED) is 0.388. The van der Waals surface area contributed by atoms with E-state index in [2.05, 4.69) is 20.3 Å². The van der Waals surface area contributed by atoms with Gasteiger partial charge in [-0.3, -0.25) is 0 Å². The van der Waals surface area contributed by atoms with Crippen molar-refractivity contribution in [2.75, 3.05) is 5.32 Å². The SMILES string of the molecule is FC(F)(F)c1cccc(Cn2cnc3c(NCc4ccc(Cl)cc4)nc(Cl)nc32)c1. The number of rotatable bonds is 5. The number of nitrogens with zero attached hydrogens (tertiary/aromatic N) is 4. The second-order valence-corrected chi connectivity index (χ2v) is 7.34. The Hall–Kier alpha value is -2.84. The molecule has 4 aromatic rings. The fraction of sp³-hybridized carbons (Fsp3) is 0.150. The van der Waals surface area contributed by atoms with Crippen LogP contribution in [0.5, 0.6) is 0 Å². The monoisotopic (exact) mass is 451 g/mol. The summed E-state index contributed by atoms with van der Waals surface area (Å²) in [5.41, 5.74) is 1.63. The molecule has 5 nitrogen and oxygen atoms in total. The Labute approximate surface area is 179 Å². The molecule has 0 saturated heterocycles. The van der Waals surface area contributed by atoms with E-state index in [0.717, 1.165) is 17.7 Å². The zero-order valence-corrected chi connectivity index (χ0v) is 16.8. The van der Waals surface area contributed by atoms with E-state index in [-0.39, 0.29) is 11.8 Å². The van der Waals surface area contributed by atoms with Gasteiger partial charge in [-0.05, 0) is 47.0 Å². The molecule has 0 bridgehead atoms. The minimum atomic E-state index is -4.41. The molecule has 0 aliphatic heterocycles. The van der Waals surface area contributed by atoms with Crippen LogP contribution in [0.15, 0.2) is 54.9 Å². The van der Waals surface area contributed by atoms with Crippen LogP contribution in [-0.2, 0) is 19.3 Å². The van der Waals surface area contributed by atoms with Crippen LogP contribution in [0.4, 0.5) is 19.0 Å². The first-order valence-corrected chi connectivity index (χ1v) is 9.58. The van der Waals surface area contributed by atoms with Gasteiger partial charge in [-0.15, -0.1) is 0 Å². The lowest BCUT2D eigenvalue weighted by Gasteiger charge is -2.10. The van der Waals surface area contributed by atoms with Crippen LogP contribution in [0.3, 0.4) is 0 Å². The molecular weight excluding hydrogens is 438 g/mol. The molecule has 2 aromatic heterocycles. The largest absolute Gasteiger partial charge is 0.416 e. The molecule has 0 aliphatic carbocycles. The number of hydrogen-bond donors (Lipinski definition) is 1. The van der Waals surface area contributed by atoms with Crippen molar-refractivity contribution < 1.29 is 13.2 Å². The van der Waals surface area contributed by atoms with Crippen LogP contribution in [0.1, 0.15) is 16.7 Å². The summed E-state index contributed by atoms with van der Waals surface area (Å²) < 4.78 is 40.6. The predicted molar refractivity (Wildman–Crippen MR) is 110 cm³/mol. The highest BCUT2D eigenvalue weighted by Gasteiger charge is 2.30. The van der Waals surface area contributed by atoms with Crippen molar-refractivity contribution in [3.05, 3.63) is 81.9 Å². The van der Waals surface area contributed by atoms with Crippen molar-refractivity contribution in [1.82, 2.24) is 19.5 Å². The third-order valence-electron chi connectivity index (χ3n) is 4.42. The van der Waals surface area contributed by atoms with Gasteiger partial charge >= 0.3 is 6.18 Å². The third kappa shape index (κ3) is 4.49. The van der Waals surface area contributed by atoms with E-state index in [1.54, 1.807) is 22.8 Å². The van der Waals surface area contributed by atoms with Crippen LogP contribution < -0.4 is 5.32 Å². The van der Waals surface area contributed by atoms with Gasteiger partial charge in [-0.25, -0.2) is 4.98 Å². The molecule has 10 heteroatoms. The summed E-state index contributed by atoms with van der Waals surface area (Å²) in [6.45, 7) is 0.616. The normalized spacial score (nSPS) is 11.8. The Bertz CT molecular complexity index is 1190. The van der Waals surface area contributed by atoms with Crippen molar-refractivity contribution in [1.29, 1.82) is 0 Å². The smallest absolute Gasteiger partial charge is 0.364 e. The molecule has 0 amide bonds. The topological polar surface area (TPSA) is 55.6 Å². The molecule has 0 atom stereocenters. The lowest BCUT2D eigenvalue weighted by atomic mass is 10.1. The molecular formula is C20H14Cl2F3N5. The standard InChI is InChI=1S/C20H14Cl2F3N5/c21-15-6-4-12(5-7-15)9-26-17-16-18(29-19(22)28-17)30(11-27-16)10-13-2-1-3-14(8-13)20(23,24)25/h1-8,11H,9-10H2,(H,26,28,29). The predicted octanol–water partition coefficient (Wildman–Crippen LogP) is 5.81. The summed E-state index contributed by atoms with van der Waals surface area (Å²) in [7, 11) is 0. The summed E-state index contributed by atoms with van der Waals surface area (Å²) in [6.07, 6.45) is -2.90. The Balaban J connectivity index is 1.61. The number of anilines is 1. The second kappa shape index (κ2) is 8.12. The maximum atomic E-state index is 13.0. The van der Waals surface area contributed by atoms with Gasteiger partial charge in [0.1, 0.15) is 0 Å². The molecule has 0 aliphatic rings. The molecule has 0 unspecified atom stereocenters. The average Bonchev–Trinajstić information content (AvgIpc) is 3.09. The first-order chi connectivity index (χ1) is 14.3. The van der Waals surface area contributed by atoms with Gasteiger partial charge in [0.2, 0.25) is 5.28 Å². The highest BCUT2D eigenvalue weighted by Crippen LogP contribution is 2.30. The van der Waals surface area contributed by atoms with E-state index in [4.69, 9.17) is 23.2 Å². The van der Waals surface area contributed by atoms with Crippen LogP contribution in [0, 0.1) is 0 Å². The molecule has 2 aromatic carbocycles. The number of hydrogen-bond acceptors (Lipinski definition) is 4. The first kappa shape index (κ1) is 20.4. The van der Waals surface area contributed by atoms with E-state index in [0.29, 0.717) is 34.1 Å². The minimum Gasteiger partial charge on any atom is -0.364 e. The Kier molecular flexibility index (Phi) is 5.53. The summed E-state index contributed by atoms with van der Waals surface area (Å²) in [5, 5.41) is 3.81. The number of fused-ring (bicyclic) bond motifs is 1. The van der Waals surface area contributed by atoms with Crippen molar-refractivity contribution in [2.45, 2.75) is 19.3 Å². The molecule has 0 fully saturated rings. The van der Waals surface area contributed by atoms with E-state index >= 15 is 0 Å². The van der Waals surface area contributed by atoms with E-state index in [9.17, 15) is 13.2 Å². The molecule has 154 valence electrons. The zero-order valence-electron chi connectivity index (χ0n) is 15.3. The number of alkyl halides is 3. The van der Waals surface area contributed by atoms with Crippen LogP contribution in [-0.4, -0.2) is 19.5 Å². The fourth-order valence-corrected chi connectivity index (χ4v) is 3.28. The number of nitrogens with one attached hydrogen (secondary N) is 1. The molecule has 4 rings (SSSR count). The van der Waals surface area contributed by atoms with Crippen LogP contribution in [0.25, 0.3) is 11.2 Å². The first-order valence-electron chi connectivity index (χ1n) is 8.82. The highest BCUT2D eigenvalue weighted by molar-refractivity contribution is 6.30. The van der Waals surface area contributed by atoms with Gasteiger partial charge < -0.3 is 9.88 Å². The molecule has 0 saturated carbocycles. The van der Waals surface area contributed by atoms with Gasteiger partial charge in [-0.2, -0.15) is 23.1 Å². The van der Waals surface area contributed by atoms with Crippen LogP contribution >= 0.6 is 23.2 Å². The highest BCUT2D eigenvalue weighted by atomic mass is 35.5. The molecule has 2 heterocycles. The number of aromatic nitrogens is 4. The van der Waals surface area contributed by atoms with Gasteiger partial charge in [0, 0.05) is 11.6 Å². The van der Waals surface area contributed by atoms with Gasteiger partial charge in [-0.1, -0.05) is 35.9 Å². The fourth-order valence-electron chi connectivity index (χ4n) is 2.99. The molecule has 0 spiro atoms. The Morgan fingerprint density at radius 3 is 2.47 bits per heavy atom. The maximum Gasteiger partial charge on any atom is 0.416 e. The van der Waals surface area contributed by atoms with Gasteiger partial charge in [0.15, 0.2) is 17.0 Å². The molecule has 0 radical (unpaired) electrons. The summed E-state index contributed by atoms with van der Waals surface area (Å²) in [4.78, 5) is 12.7. The van der Waals surface area contributed by atoms with E-state index in [1.807, 2.05) is 12.1 Å². The van der Waals surface area contributed by atoms with E-state index in [1.165, 1.54) is 12.4 Å². The Morgan fingerprint density at radius 2 is 1.73 bits per heavy atom. The second-order valence-electron chi connectivity index (χ2n) is 6.56. The average molecular weight is 452 g/mol. The van der Waals surface area contributed by atoms with Crippen molar-refractivity contribution in [3.63, 3.8) is 0 Å². The minimum absolute atomic E-state index is 0.00639. The van der Waals surface area contributed by atoms with Gasteiger partial charge in [0.25, 0.3) is 0 Å².